The monoisotopic (exact) mass is 380 g/mol. The number of nitrogens with one attached hydrogen (secondary N) is 1. The van der Waals surface area contributed by atoms with E-state index in [1.165, 1.54) is 21.7 Å². The fourth-order valence-corrected chi connectivity index (χ4v) is 6.04. The minimum atomic E-state index is -3.57. The van der Waals surface area contributed by atoms with Crippen LogP contribution in [0.3, 0.4) is 0 Å². The number of thiophene rings is 1. The molecule has 1 aliphatic rings. The normalized spacial score (nSPS) is 16.7. The highest BCUT2D eigenvalue weighted by molar-refractivity contribution is 7.89. The molecule has 0 radical (unpaired) electrons. The number of carbonyl (C=O) groups is 1. The molecule has 0 spiro atoms. The van der Waals surface area contributed by atoms with Crippen LogP contribution in [0, 0.1) is 0 Å². The molecule has 1 aromatic carbocycles. The third-order valence-electron chi connectivity index (χ3n) is 4.35. The molecule has 2 aromatic rings. The van der Waals surface area contributed by atoms with Crippen LogP contribution in [0.15, 0.2) is 41.1 Å². The van der Waals surface area contributed by atoms with E-state index in [2.05, 4.69) is 11.9 Å². The van der Waals surface area contributed by atoms with Gasteiger partial charge in [0.05, 0.1) is 11.8 Å². The summed E-state index contributed by atoms with van der Waals surface area (Å²) in [6.45, 7) is 4.19. The van der Waals surface area contributed by atoms with Crippen LogP contribution in [0.25, 0.3) is 10.1 Å². The lowest BCUT2D eigenvalue weighted by Crippen LogP contribution is -2.46. The number of carbonyl (C=O) groups excluding carboxylic acids is 1. The molecular formula is C17H20N2O4S2. The van der Waals surface area contributed by atoms with Gasteiger partial charge in [0.1, 0.15) is 10.6 Å². The zero-order valence-corrected chi connectivity index (χ0v) is 15.5. The van der Waals surface area contributed by atoms with Gasteiger partial charge in [-0.3, -0.25) is 4.79 Å². The Kier molecular flexibility index (Phi) is 5.12. The Bertz CT molecular complexity index is 897. The highest BCUT2D eigenvalue weighted by Crippen LogP contribution is 2.37. The van der Waals surface area contributed by atoms with Crippen LogP contribution in [-0.2, 0) is 14.8 Å². The predicted molar refractivity (Wildman–Crippen MR) is 98.5 cm³/mol. The van der Waals surface area contributed by atoms with Crippen molar-refractivity contribution in [1.29, 1.82) is 0 Å². The molecule has 25 heavy (non-hydrogen) atoms. The third-order valence-corrected chi connectivity index (χ3v) is 7.45. The number of piperidine rings is 1. The van der Waals surface area contributed by atoms with E-state index in [0.717, 1.165) is 4.70 Å². The number of nitrogens with zero attached hydrogens (tertiary/aromatic N) is 1. The fraction of sp³-hybridized carbons (Fsp3) is 0.353. The van der Waals surface area contributed by atoms with Crippen LogP contribution in [0.1, 0.15) is 12.8 Å². The zero-order valence-electron chi connectivity index (χ0n) is 13.9. The molecule has 3 rings (SSSR count). The zero-order chi connectivity index (χ0) is 18.0. The summed E-state index contributed by atoms with van der Waals surface area (Å²) in [6, 6.07) is 5.40. The summed E-state index contributed by atoms with van der Waals surface area (Å²) >= 11 is 1.37. The van der Waals surface area contributed by atoms with Crippen LogP contribution in [0.2, 0.25) is 0 Å². The van der Waals surface area contributed by atoms with Gasteiger partial charge in [-0.1, -0.05) is 18.7 Å². The van der Waals surface area contributed by atoms with Crippen LogP contribution in [0.4, 0.5) is 0 Å². The number of amides is 1. The third kappa shape index (κ3) is 3.42. The van der Waals surface area contributed by atoms with Gasteiger partial charge < -0.3 is 10.1 Å². The molecule has 0 saturated carbocycles. The van der Waals surface area contributed by atoms with Gasteiger partial charge in [0.25, 0.3) is 0 Å². The Morgan fingerprint density at radius 1 is 1.40 bits per heavy atom. The molecule has 0 bridgehead atoms. The predicted octanol–water partition coefficient (Wildman–Crippen LogP) is 2.37. The minimum absolute atomic E-state index is 0.0173. The number of methoxy groups -OCH3 is 1. The van der Waals surface area contributed by atoms with Gasteiger partial charge in [-0.05, 0) is 25.0 Å². The molecule has 8 heteroatoms. The second-order valence-corrected chi connectivity index (χ2v) is 8.61. The highest BCUT2D eigenvalue weighted by atomic mass is 32.2. The largest absolute Gasteiger partial charge is 0.495 e. The van der Waals surface area contributed by atoms with Crippen molar-refractivity contribution in [3.8, 4) is 5.75 Å². The maximum atomic E-state index is 13.0. The molecule has 0 unspecified atom stereocenters. The first-order valence-electron chi connectivity index (χ1n) is 7.94. The van der Waals surface area contributed by atoms with Crippen LogP contribution in [0.5, 0.6) is 5.75 Å². The number of fused-ring (bicyclic) bond motifs is 1. The van der Waals surface area contributed by atoms with Gasteiger partial charge in [0, 0.05) is 29.9 Å². The standard InChI is InChI=1S/C17H20N2O4S2/c1-3-16(20)18-12-7-9-19(10-8-12)25(21,22)15-11-24-17-13(15)5-4-6-14(17)23-2/h3-6,11-12H,1,7-10H2,2H3,(H,18,20). The van der Waals surface area contributed by atoms with Crippen molar-refractivity contribution >= 4 is 37.4 Å². The summed E-state index contributed by atoms with van der Waals surface area (Å²) in [5.74, 6) is 0.451. The summed E-state index contributed by atoms with van der Waals surface area (Å²) in [7, 11) is -2.00. The topological polar surface area (TPSA) is 75.7 Å². The Labute approximate surface area is 151 Å². The minimum Gasteiger partial charge on any atom is -0.495 e. The molecule has 1 fully saturated rings. The van der Waals surface area contributed by atoms with Crippen molar-refractivity contribution in [2.24, 2.45) is 0 Å². The van der Waals surface area contributed by atoms with Gasteiger partial charge in [0.15, 0.2) is 0 Å². The smallest absolute Gasteiger partial charge is 0.244 e. The van der Waals surface area contributed by atoms with Crippen LogP contribution < -0.4 is 10.1 Å². The van der Waals surface area contributed by atoms with Crippen LogP contribution in [-0.4, -0.2) is 44.9 Å². The molecular weight excluding hydrogens is 360 g/mol. The number of rotatable bonds is 5. The molecule has 2 heterocycles. The van der Waals surface area contributed by atoms with E-state index >= 15 is 0 Å². The first-order valence-corrected chi connectivity index (χ1v) is 10.3. The van der Waals surface area contributed by atoms with E-state index in [4.69, 9.17) is 4.74 Å². The molecule has 0 atom stereocenters. The molecule has 6 nitrogen and oxygen atoms in total. The molecule has 134 valence electrons. The van der Waals surface area contributed by atoms with Crippen molar-refractivity contribution in [1.82, 2.24) is 9.62 Å². The van der Waals surface area contributed by atoms with Crippen LogP contribution >= 0.6 is 11.3 Å². The quantitative estimate of drug-likeness (QED) is 0.808. The number of benzene rings is 1. The molecule has 1 amide bonds. The van der Waals surface area contributed by atoms with Crippen molar-refractivity contribution in [2.45, 2.75) is 23.8 Å². The van der Waals surface area contributed by atoms with Gasteiger partial charge in [-0.15, -0.1) is 11.3 Å². The van der Waals surface area contributed by atoms with E-state index in [-0.39, 0.29) is 11.9 Å². The fourth-order valence-electron chi connectivity index (χ4n) is 3.01. The Hall–Kier alpha value is -1.90. The van der Waals surface area contributed by atoms with E-state index in [1.807, 2.05) is 6.07 Å². The summed E-state index contributed by atoms with van der Waals surface area (Å²) < 4.78 is 33.7. The first kappa shape index (κ1) is 17.9. The van der Waals surface area contributed by atoms with Gasteiger partial charge in [0.2, 0.25) is 15.9 Å². The maximum absolute atomic E-state index is 13.0. The van der Waals surface area contributed by atoms with Gasteiger partial charge in [-0.2, -0.15) is 4.31 Å². The number of hydrogen-bond acceptors (Lipinski definition) is 5. The van der Waals surface area contributed by atoms with Crippen molar-refractivity contribution in [2.75, 3.05) is 20.2 Å². The SMILES string of the molecule is C=CC(=O)NC1CCN(S(=O)(=O)c2csc3c(OC)cccc23)CC1. The Balaban J connectivity index is 1.82. The second kappa shape index (κ2) is 7.15. The maximum Gasteiger partial charge on any atom is 0.244 e. The first-order chi connectivity index (χ1) is 12.0. The van der Waals surface area contributed by atoms with E-state index < -0.39 is 10.0 Å². The van der Waals surface area contributed by atoms with E-state index in [9.17, 15) is 13.2 Å². The highest BCUT2D eigenvalue weighted by Gasteiger charge is 2.31. The van der Waals surface area contributed by atoms with Crippen molar-refractivity contribution in [3.05, 3.63) is 36.2 Å². The van der Waals surface area contributed by atoms with Gasteiger partial charge >= 0.3 is 0 Å². The van der Waals surface area contributed by atoms with Crippen molar-refractivity contribution in [3.63, 3.8) is 0 Å². The Morgan fingerprint density at radius 2 is 2.12 bits per heavy atom. The summed E-state index contributed by atoms with van der Waals surface area (Å²) in [5.41, 5.74) is 0. The average Bonchev–Trinajstić information content (AvgIpc) is 3.07. The summed E-state index contributed by atoms with van der Waals surface area (Å²) in [5, 5.41) is 5.19. The van der Waals surface area contributed by atoms with E-state index in [1.54, 1.807) is 24.6 Å². The van der Waals surface area contributed by atoms with E-state index in [0.29, 0.717) is 42.0 Å². The lowest BCUT2D eigenvalue weighted by molar-refractivity contribution is -0.117. The lowest BCUT2D eigenvalue weighted by atomic mass is 10.1. The average molecular weight is 380 g/mol. The lowest BCUT2D eigenvalue weighted by Gasteiger charge is -2.31. The van der Waals surface area contributed by atoms with Crippen molar-refractivity contribution < 1.29 is 17.9 Å². The van der Waals surface area contributed by atoms with Gasteiger partial charge in [-0.25, -0.2) is 8.42 Å². The number of sulfonamides is 1. The molecule has 1 aromatic heterocycles. The molecule has 1 N–H and O–H groups in total. The summed E-state index contributed by atoms with van der Waals surface area (Å²) in [4.78, 5) is 11.7. The molecule has 0 aliphatic carbocycles. The Morgan fingerprint density at radius 3 is 2.76 bits per heavy atom. The summed E-state index contributed by atoms with van der Waals surface area (Å²) in [6.07, 6.45) is 2.41. The molecule has 1 aliphatic heterocycles. The molecule has 1 saturated heterocycles. The second-order valence-electron chi connectivity index (χ2n) is 5.83. The number of hydrogen-bond donors (Lipinski definition) is 1. The number of ether oxygens (including phenoxy) is 1.